The number of rotatable bonds is 8. The highest BCUT2D eigenvalue weighted by Gasteiger charge is 2.71. The molecule has 8 rings (SSSR count). The van der Waals surface area contributed by atoms with Gasteiger partial charge in [0.1, 0.15) is 17.2 Å². The fourth-order valence-corrected chi connectivity index (χ4v) is 9.26. The highest BCUT2D eigenvalue weighted by atomic mass is 16.5. The minimum atomic E-state index is -1.52. The molecule has 2 aliphatic heterocycles. The molecule has 4 aliphatic rings. The molecule has 0 unspecified atom stereocenters. The molecule has 2 saturated heterocycles. The van der Waals surface area contributed by atoms with Crippen LogP contribution in [0.1, 0.15) is 41.0 Å². The monoisotopic (exact) mass is 697 g/mol. The predicted molar refractivity (Wildman–Crippen MR) is 192 cm³/mol. The van der Waals surface area contributed by atoms with Crippen molar-refractivity contribution < 1.29 is 33.8 Å². The van der Waals surface area contributed by atoms with Gasteiger partial charge in [-0.2, -0.15) is 5.01 Å². The molecule has 3 fully saturated rings. The molecule has 10 heteroatoms. The lowest BCUT2D eigenvalue weighted by Gasteiger charge is -2.51. The zero-order valence-electron chi connectivity index (χ0n) is 29.1. The summed E-state index contributed by atoms with van der Waals surface area (Å²) in [6.45, 7) is 2.11. The molecule has 52 heavy (non-hydrogen) atoms. The van der Waals surface area contributed by atoms with Gasteiger partial charge >= 0.3 is 0 Å². The number of nitrogens with one attached hydrogen (secondary N) is 1. The lowest BCUT2D eigenvalue weighted by atomic mass is 9.49. The summed E-state index contributed by atoms with van der Waals surface area (Å²) in [7, 11) is 2.95. The number of hydrazine groups is 1. The lowest BCUT2D eigenvalue weighted by molar-refractivity contribution is -0.142. The fourth-order valence-electron chi connectivity index (χ4n) is 9.26. The molecule has 264 valence electrons. The van der Waals surface area contributed by atoms with E-state index in [9.17, 15) is 19.5 Å². The average Bonchev–Trinajstić information content (AvgIpc) is 3.53. The van der Waals surface area contributed by atoms with Crippen molar-refractivity contribution >= 4 is 29.3 Å². The molecule has 0 bridgehead atoms. The minimum absolute atomic E-state index is 0.0996. The maximum atomic E-state index is 15.4. The normalized spacial score (nSPS) is 26.4. The molecule has 2 heterocycles. The number of aromatic hydroxyl groups is 1. The highest BCUT2D eigenvalue weighted by molar-refractivity contribution is 6.13. The molecule has 10 nitrogen and oxygen atoms in total. The Kier molecular flexibility index (Phi) is 8.12. The van der Waals surface area contributed by atoms with Gasteiger partial charge in [-0.3, -0.25) is 29.5 Å². The van der Waals surface area contributed by atoms with Crippen LogP contribution < -0.4 is 14.9 Å². The Morgan fingerprint density at radius 1 is 0.808 bits per heavy atom. The van der Waals surface area contributed by atoms with Crippen LogP contribution in [0, 0.1) is 30.6 Å². The molecule has 4 aromatic rings. The van der Waals surface area contributed by atoms with Crippen molar-refractivity contribution in [1.82, 2.24) is 9.91 Å². The summed E-state index contributed by atoms with van der Waals surface area (Å²) in [4.78, 5) is 60.2. The summed E-state index contributed by atoms with van der Waals surface area (Å²) in [6, 6.07) is 29.0. The third-order valence-electron chi connectivity index (χ3n) is 11.5. The molecule has 1 saturated carbocycles. The first-order chi connectivity index (χ1) is 25.2. The van der Waals surface area contributed by atoms with E-state index in [0.717, 1.165) is 21.7 Å². The van der Waals surface area contributed by atoms with Crippen molar-refractivity contribution in [2.24, 2.45) is 23.7 Å². The van der Waals surface area contributed by atoms with E-state index in [1.807, 2.05) is 97.9 Å². The van der Waals surface area contributed by atoms with Crippen LogP contribution in [0.4, 0.5) is 5.69 Å². The number of nitrogens with zero attached hydrogens (tertiary/aromatic N) is 2. The number of phenolic OH excluding ortho intramolecular Hbond substituents is 1. The Bertz CT molecular complexity index is 2090. The summed E-state index contributed by atoms with van der Waals surface area (Å²) >= 11 is 0. The standard InChI is InChI=1S/C42H39N3O7/c1-24-14-16-27(17-15-24)43-45-39(48)32-22-31-29(18-19-30-35(31)40(49)44(38(30)47)23-25-10-6-4-7-11-25)37(36-33(51-2)20-28(46)21-34(36)52-3)42(32,41(45)50)26-12-8-5-9-13-26/h4-18,20-21,30-32,35,37,43,46H,19,22-23H2,1-3H3/t30-,31+,32-,35-,37+,42+/m0/s1. The van der Waals surface area contributed by atoms with Crippen molar-refractivity contribution in [3.63, 3.8) is 0 Å². The highest BCUT2D eigenvalue weighted by Crippen LogP contribution is 2.66. The number of fused-ring (bicyclic) bond motifs is 4. The van der Waals surface area contributed by atoms with Crippen LogP contribution in [0.3, 0.4) is 0 Å². The van der Waals surface area contributed by atoms with E-state index in [4.69, 9.17) is 9.47 Å². The maximum Gasteiger partial charge on any atom is 0.260 e. The van der Waals surface area contributed by atoms with Gasteiger partial charge in [-0.15, -0.1) is 0 Å². The fraction of sp³-hybridized carbons (Fsp3) is 0.286. The molecule has 0 spiro atoms. The Morgan fingerprint density at radius 2 is 1.44 bits per heavy atom. The van der Waals surface area contributed by atoms with Crippen LogP contribution in [-0.4, -0.2) is 52.9 Å². The third kappa shape index (κ3) is 4.92. The number of anilines is 1. The minimum Gasteiger partial charge on any atom is -0.508 e. The zero-order chi connectivity index (χ0) is 36.3. The molecule has 2 aliphatic carbocycles. The van der Waals surface area contributed by atoms with E-state index < -0.39 is 46.8 Å². The Labute approximate surface area is 301 Å². The van der Waals surface area contributed by atoms with Gasteiger partial charge in [0.15, 0.2) is 0 Å². The van der Waals surface area contributed by atoms with Gasteiger partial charge in [0.2, 0.25) is 11.8 Å². The van der Waals surface area contributed by atoms with Gasteiger partial charge in [-0.25, -0.2) is 0 Å². The topological polar surface area (TPSA) is 125 Å². The number of likely N-dealkylation sites (tertiary alicyclic amines) is 1. The summed E-state index contributed by atoms with van der Waals surface area (Å²) in [6.07, 6.45) is 2.44. The van der Waals surface area contributed by atoms with Gasteiger partial charge < -0.3 is 14.6 Å². The number of hydrogen-bond donors (Lipinski definition) is 2. The van der Waals surface area contributed by atoms with Crippen LogP contribution >= 0.6 is 0 Å². The van der Waals surface area contributed by atoms with Gasteiger partial charge in [0, 0.05) is 23.6 Å². The van der Waals surface area contributed by atoms with Crippen LogP contribution in [-0.2, 0) is 31.1 Å². The number of ether oxygens (including phenoxy) is 2. The molecular formula is C42H39N3O7. The first-order valence-corrected chi connectivity index (χ1v) is 17.5. The van der Waals surface area contributed by atoms with E-state index in [1.165, 1.54) is 31.3 Å². The number of phenols is 1. The molecule has 4 aromatic carbocycles. The summed E-state index contributed by atoms with van der Waals surface area (Å²) in [5, 5.41) is 11.9. The first-order valence-electron chi connectivity index (χ1n) is 17.5. The number of allylic oxidation sites excluding steroid dienone is 2. The quantitative estimate of drug-likeness (QED) is 0.172. The second-order valence-corrected chi connectivity index (χ2v) is 14.1. The number of hydrogen-bond acceptors (Lipinski definition) is 8. The van der Waals surface area contributed by atoms with Crippen LogP contribution in [0.5, 0.6) is 17.2 Å². The van der Waals surface area contributed by atoms with Crippen molar-refractivity contribution in [3.8, 4) is 17.2 Å². The number of carbonyl (C=O) groups excluding carboxylic acids is 4. The van der Waals surface area contributed by atoms with E-state index in [2.05, 4.69) is 5.43 Å². The summed E-state index contributed by atoms with van der Waals surface area (Å²) < 4.78 is 11.8. The number of methoxy groups -OCH3 is 2. The van der Waals surface area contributed by atoms with Gasteiger partial charge in [0.05, 0.1) is 49.6 Å². The van der Waals surface area contributed by atoms with Gasteiger partial charge in [0.25, 0.3) is 11.8 Å². The van der Waals surface area contributed by atoms with E-state index in [0.29, 0.717) is 16.8 Å². The maximum absolute atomic E-state index is 15.4. The number of carbonyl (C=O) groups is 4. The van der Waals surface area contributed by atoms with Crippen LogP contribution in [0.15, 0.2) is 109 Å². The average molecular weight is 698 g/mol. The number of amides is 4. The second kappa shape index (κ2) is 12.7. The van der Waals surface area contributed by atoms with Crippen LogP contribution in [0.2, 0.25) is 0 Å². The first kappa shape index (κ1) is 33.3. The predicted octanol–water partition coefficient (Wildman–Crippen LogP) is 5.90. The number of imide groups is 2. The molecule has 6 atom stereocenters. The molecule has 2 N–H and O–H groups in total. The smallest absolute Gasteiger partial charge is 0.260 e. The largest absolute Gasteiger partial charge is 0.508 e. The Balaban J connectivity index is 1.34. The summed E-state index contributed by atoms with van der Waals surface area (Å²) in [5.74, 6) is -4.69. The van der Waals surface area contributed by atoms with Gasteiger partial charge in [-0.05, 0) is 48.9 Å². The van der Waals surface area contributed by atoms with E-state index in [-0.39, 0.29) is 48.4 Å². The van der Waals surface area contributed by atoms with Crippen LogP contribution in [0.25, 0.3) is 0 Å². The van der Waals surface area contributed by atoms with E-state index >= 15 is 4.79 Å². The van der Waals surface area contributed by atoms with E-state index in [1.54, 1.807) is 0 Å². The number of benzene rings is 4. The third-order valence-corrected chi connectivity index (χ3v) is 11.5. The lowest BCUT2D eigenvalue weighted by Crippen LogP contribution is -2.53. The van der Waals surface area contributed by atoms with Gasteiger partial charge in [-0.1, -0.05) is 90.0 Å². The zero-order valence-corrected chi connectivity index (χ0v) is 29.1. The molecule has 0 radical (unpaired) electrons. The van der Waals surface area contributed by atoms with Crippen molar-refractivity contribution in [2.75, 3.05) is 19.6 Å². The number of aryl methyl sites for hydroxylation is 1. The molecule has 0 aromatic heterocycles. The van der Waals surface area contributed by atoms with Crippen molar-refractivity contribution in [2.45, 2.75) is 37.6 Å². The second-order valence-electron chi connectivity index (χ2n) is 14.1. The Morgan fingerprint density at radius 3 is 2.08 bits per heavy atom. The van der Waals surface area contributed by atoms with Crippen molar-refractivity contribution in [1.29, 1.82) is 0 Å². The van der Waals surface area contributed by atoms with Crippen molar-refractivity contribution in [3.05, 3.63) is 131 Å². The SMILES string of the molecule is COc1cc(O)cc(OC)c1[C@H]1C2=CC[C@@H]3C(=O)N(Cc4ccccc4)C(=O)[C@@H]3[C@@H]2C[C@H]2C(=O)N(Nc3ccc(C)cc3)C(=O)[C@@]12c1ccccc1. The molecule has 4 amide bonds. The summed E-state index contributed by atoms with van der Waals surface area (Å²) in [5.41, 5.74) is 5.89. The Hall–Kier alpha value is -5.90. The molecular weight excluding hydrogens is 658 g/mol.